The second-order valence-corrected chi connectivity index (χ2v) is 7.05. The highest BCUT2D eigenvalue weighted by Crippen LogP contribution is 2.25. The number of hydrogen-bond donors (Lipinski definition) is 1. The highest BCUT2D eigenvalue weighted by Gasteiger charge is 2.24. The first-order valence-electron chi connectivity index (χ1n) is 9.27. The lowest BCUT2D eigenvalue weighted by molar-refractivity contribution is 0.0893. The minimum absolute atomic E-state index is 0.0851. The summed E-state index contributed by atoms with van der Waals surface area (Å²) in [5.74, 6) is 0.763. The second kappa shape index (κ2) is 7.34. The van der Waals surface area contributed by atoms with E-state index in [0.717, 1.165) is 48.2 Å². The summed E-state index contributed by atoms with van der Waals surface area (Å²) in [5, 5.41) is 7.30. The third-order valence-corrected chi connectivity index (χ3v) is 5.12. The van der Waals surface area contributed by atoms with Gasteiger partial charge < -0.3 is 10.1 Å². The van der Waals surface area contributed by atoms with Crippen molar-refractivity contribution in [1.29, 1.82) is 0 Å². The Hall–Kier alpha value is -2.96. The van der Waals surface area contributed by atoms with Crippen LogP contribution >= 0.6 is 0 Å². The van der Waals surface area contributed by atoms with Gasteiger partial charge in [0.05, 0.1) is 29.1 Å². The van der Waals surface area contributed by atoms with Crippen LogP contribution < -0.4 is 10.1 Å². The van der Waals surface area contributed by atoms with Crippen LogP contribution in [0.1, 0.15) is 41.7 Å². The maximum Gasteiger partial charge on any atom is 0.253 e. The summed E-state index contributed by atoms with van der Waals surface area (Å²) in [6.45, 7) is 1.95. The first-order valence-corrected chi connectivity index (χ1v) is 9.27. The molecule has 0 atom stereocenters. The van der Waals surface area contributed by atoms with Crippen LogP contribution in [0, 0.1) is 6.92 Å². The zero-order chi connectivity index (χ0) is 18.8. The smallest absolute Gasteiger partial charge is 0.253 e. The molecule has 1 fully saturated rings. The van der Waals surface area contributed by atoms with E-state index in [4.69, 9.17) is 4.74 Å². The zero-order valence-electron chi connectivity index (χ0n) is 15.6. The van der Waals surface area contributed by atoms with Gasteiger partial charge in [0, 0.05) is 25.5 Å². The predicted molar refractivity (Wildman–Crippen MR) is 102 cm³/mol. The fourth-order valence-electron chi connectivity index (χ4n) is 3.52. The molecule has 0 aromatic carbocycles. The van der Waals surface area contributed by atoms with Gasteiger partial charge in [-0.15, -0.1) is 0 Å². The van der Waals surface area contributed by atoms with E-state index in [0.29, 0.717) is 5.56 Å². The Labute approximate surface area is 157 Å². The number of rotatable bonds is 4. The number of aryl methyl sites for hydroxylation is 2. The van der Waals surface area contributed by atoms with Crippen molar-refractivity contribution in [2.45, 2.75) is 44.8 Å². The molecule has 0 spiro atoms. The maximum absolute atomic E-state index is 12.6. The number of aromatic nitrogens is 4. The highest BCUT2D eigenvalue weighted by molar-refractivity contribution is 5.96. The summed E-state index contributed by atoms with van der Waals surface area (Å²) in [6.07, 6.45) is 8.88. The summed E-state index contributed by atoms with van der Waals surface area (Å²) in [7, 11) is 1.84. The number of ether oxygens (including phenoxy) is 1. The van der Waals surface area contributed by atoms with Crippen molar-refractivity contribution in [1.82, 2.24) is 25.1 Å². The molecule has 0 radical (unpaired) electrons. The quantitative estimate of drug-likeness (QED) is 0.769. The van der Waals surface area contributed by atoms with E-state index in [2.05, 4.69) is 20.4 Å². The van der Waals surface area contributed by atoms with Gasteiger partial charge in [0.15, 0.2) is 0 Å². The molecule has 1 amide bonds. The van der Waals surface area contributed by atoms with Gasteiger partial charge in [-0.2, -0.15) is 5.10 Å². The average molecular weight is 365 g/mol. The summed E-state index contributed by atoms with van der Waals surface area (Å²) in [4.78, 5) is 21.2. The van der Waals surface area contributed by atoms with Gasteiger partial charge in [-0.05, 0) is 50.8 Å². The molecule has 0 saturated heterocycles. The van der Waals surface area contributed by atoms with E-state index < -0.39 is 0 Å². The molecule has 7 nitrogen and oxygen atoms in total. The Balaban J connectivity index is 1.33. The molecular formula is C20H23N5O2. The lowest BCUT2D eigenvalue weighted by atomic mass is 9.92. The Morgan fingerprint density at radius 1 is 1.22 bits per heavy atom. The molecule has 1 saturated carbocycles. The standard InChI is InChI=1S/C20H23N5O2/c1-13-19(4-3-9-21-13)27-16-7-5-15(6-8-16)24-20(26)14-10-18-17(22-11-14)12-23-25(18)2/h3-4,9-12,15-16H,5-8H2,1-2H3,(H,24,26). The van der Waals surface area contributed by atoms with Crippen LogP contribution in [0.4, 0.5) is 0 Å². The number of amides is 1. The van der Waals surface area contributed by atoms with Crippen LogP contribution in [0.5, 0.6) is 5.75 Å². The van der Waals surface area contributed by atoms with Gasteiger partial charge in [0.2, 0.25) is 0 Å². The molecule has 0 bridgehead atoms. The molecule has 140 valence electrons. The van der Waals surface area contributed by atoms with E-state index in [-0.39, 0.29) is 18.1 Å². The van der Waals surface area contributed by atoms with Crippen molar-refractivity contribution >= 4 is 16.9 Å². The van der Waals surface area contributed by atoms with Crippen LogP contribution in [0.2, 0.25) is 0 Å². The third kappa shape index (κ3) is 3.77. The van der Waals surface area contributed by atoms with Crippen molar-refractivity contribution < 1.29 is 9.53 Å². The molecule has 3 heterocycles. The average Bonchev–Trinajstić information content (AvgIpc) is 3.05. The van der Waals surface area contributed by atoms with Gasteiger partial charge in [-0.25, -0.2) is 0 Å². The van der Waals surface area contributed by atoms with Gasteiger partial charge in [-0.3, -0.25) is 19.4 Å². The number of nitrogens with zero attached hydrogens (tertiary/aromatic N) is 4. The van der Waals surface area contributed by atoms with E-state index in [1.54, 1.807) is 23.3 Å². The SMILES string of the molecule is Cc1ncccc1OC1CCC(NC(=O)c2cnc3cnn(C)c3c2)CC1. The first-order chi connectivity index (χ1) is 13.1. The van der Waals surface area contributed by atoms with Crippen LogP contribution in [-0.4, -0.2) is 37.8 Å². The second-order valence-electron chi connectivity index (χ2n) is 7.05. The lowest BCUT2D eigenvalue weighted by Gasteiger charge is -2.29. The van der Waals surface area contributed by atoms with E-state index in [1.807, 2.05) is 32.2 Å². The Morgan fingerprint density at radius 3 is 2.81 bits per heavy atom. The maximum atomic E-state index is 12.6. The van der Waals surface area contributed by atoms with Crippen molar-refractivity contribution in [3.8, 4) is 5.75 Å². The van der Waals surface area contributed by atoms with Crippen molar-refractivity contribution in [3.63, 3.8) is 0 Å². The van der Waals surface area contributed by atoms with E-state index in [9.17, 15) is 4.79 Å². The summed E-state index contributed by atoms with van der Waals surface area (Å²) < 4.78 is 7.81. The summed E-state index contributed by atoms with van der Waals surface area (Å²) in [5.41, 5.74) is 3.12. The third-order valence-electron chi connectivity index (χ3n) is 5.12. The minimum atomic E-state index is -0.0851. The van der Waals surface area contributed by atoms with E-state index >= 15 is 0 Å². The van der Waals surface area contributed by atoms with Gasteiger partial charge in [0.25, 0.3) is 5.91 Å². The zero-order valence-corrected chi connectivity index (χ0v) is 15.6. The number of carbonyl (C=O) groups excluding carboxylic acids is 1. The lowest BCUT2D eigenvalue weighted by Crippen LogP contribution is -2.39. The molecule has 1 aliphatic carbocycles. The number of hydrogen-bond acceptors (Lipinski definition) is 5. The van der Waals surface area contributed by atoms with Crippen LogP contribution in [0.25, 0.3) is 11.0 Å². The van der Waals surface area contributed by atoms with Gasteiger partial charge in [-0.1, -0.05) is 0 Å². The molecule has 1 aliphatic rings. The Bertz CT molecular complexity index is 960. The fourth-order valence-corrected chi connectivity index (χ4v) is 3.52. The van der Waals surface area contributed by atoms with E-state index in [1.165, 1.54) is 0 Å². The van der Waals surface area contributed by atoms with Crippen molar-refractivity contribution in [2.24, 2.45) is 7.05 Å². The van der Waals surface area contributed by atoms with Crippen molar-refractivity contribution in [2.75, 3.05) is 0 Å². The van der Waals surface area contributed by atoms with Crippen molar-refractivity contribution in [3.05, 3.63) is 48.0 Å². The number of nitrogens with one attached hydrogen (secondary N) is 1. The molecule has 0 aliphatic heterocycles. The Kier molecular flexibility index (Phi) is 4.75. The molecule has 3 aromatic rings. The largest absolute Gasteiger partial charge is 0.489 e. The van der Waals surface area contributed by atoms with Crippen LogP contribution in [0.3, 0.4) is 0 Å². The minimum Gasteiger partial charge on any atom is -0.489 e. The number of pyridine rings is 2. The van der Waals surface area contributed by atoms with Crippen LogP contribution in [0.15, 0.2) is 36.8 Å². The van der Waals surface area contributed by atoms with Crippen LogP contribution in [-0.2, 0) is 7.05 Å². The topological polar surface area (TPSA) is 81.9 Å². The molecule has 27 heavy (non-hydrogen) atoms. The molecule has 1 N–H and O–H groups in total. The molecule has 3 aromatic heterocycles. The van der Waals surface area contributed by atoms with Gasteiger partial charge in [0.1, 0.15) is 11.3 Å². The first kappa shape index (κ1) is 17.5. The fraction of sp³-hybridized carbons (Fsp3) is 0.400. The molecule has 4 rings (SSSR count). The summed E-state index contributed by atoms with van der Waals surface area (Å²) >= 11 is 0. The highest BCUT2D eigenvalue weighted by atomic mass is 16.5. The normalized spacial score (nSPS) is 19.8. The van der Waals surface area contributed by atoms with Gasteiger partial charge >= 0.3 is 0 Å². The number of fused-ring (bicyclic) bond motifs is 1. The number of carbonyl (C=O) groups is 1. The molecule has 0 unspecified atom stereocenters. The predicted octanol–water partition coefficient (Wildman–Crippen LogP) is 2.79. The molecule has 7 heteroatoms. The Morgan fingerprint density at radius 2 is 2.04 bits per heavy atom. The monoisotopic (exact) mass is 365 g/mol. The molecular weight excluding hydrogens is 342 g/mol. The summed E-state index contributed by atoms with van der Waals surface area (Å²) in [6, 6.07) is 5.85.